The van der Waals surface area contributed by atoms with Crippen molar-refractivity contribution >= 4 is 22.3 Å². The van der Waals surface area contributed by atoms with Crippen molar-refractivity contribution in [3.05, 3.63) is 23.5 Å². The second-order valence-corrected chi connectivity index (χ2v) is 7.78. The minimum atomic E-state index is 0.209. The van der Waals surface area contributed by atoms with Crippen molar-refractivity contribution in [3.8, 4) is 0 Å². The number of thiazole rings is 1. The summed E-state index contributed by atoms with van der Waals surface area (Å²) in [6.45, 7) is 4.61. The molecule has 138 valence electrons. The third kappa shape index (κ3) is 4.73. The van der Waals surface area contributed by atoms with Crippen LogP contribution in [-0.2, 0) is 6.54 Å². The van der Waals surface area contributed by atoms with E-state index in [-0.39, 0.29) is 12.0 Å². The maximum Gasteiger partial charge on any atom is 0.193 e. The molecule has 0 unspecified atom stereocenters. The molecular formula is C18H29N5OS. The van der Waals surface area contributed by atoms with Gasteiger partial charge < -0.3 is 15.7 Å². The Morgan fingerprint density at radius 3 is 2.92 bits per heavy atom. The van der Waals surface area contributed by atoms with Gasteiger partial charge in [0.05, 0.1) is 12.2 Å². The summed E-state index contributed by atoms with van der Waals surface area (Å²) in [5.74, 6) is 0.835. The minimum Gasteiger partial charge on any atom is -0.396 e. The van der Waals surface area contributed by atoms with Gasteiger partial charge >= 0.3 is 0 Å². The third-order valence-electron chi connectivity index (χ3n) is 5.07. The van der Waals surface area contributed by atoms with E-state index in [2.05, 4.69) is 22.5 Å². The van der Waals surface area contributed by atoms with Gasteiger partial charge in [0.15, 0.2) is 10.9 Å². The normalized spacial score (nSPS) is 17.8. The lowest BCUT2D eigenvalue weighted by Gasteiger charge is -2.37. The summed E-state index contributed by atoms with van der Waals surface area (Å²) >= 11 is 1.64. The van der Waals surface area contributed by atoms with E-state index in [1.54, 1.807) is 11.3 Å². The van der Waals surface area contributed by atoms with E-state index >= 15 is 0 Å². The van der Waals surface area contributed by atoms with Crippen LogP contribution in [0.2, 0.25) is 0 Å². The van der Waals surface area contributed by atoms with E-state index in [4.69, 9.17) is 4.99 Å². The zero-order valence-corrected chi connectivity index (χ0v) is 15.8. The molecule has 1 saturated carbocycles. The molecule has 1 fully saturated rings. The van der Waals surface area contributed by atoms with Crippen LogP contribution in [0.4, 0.5) is 0 Å². The summed E-state index contributed by atoms with van der Waals surface area (Å²) in [5.41, 5.74) is 1.19. The zero-order chi connectivity index (χ0) is 17.5. The number of rotatable bonds is 7. The predicted molar refractivity (Wildman–Crippen MR) is 103 cm³/mol. The number of nitrogens with zero attached hydrogens (tertiary/aromatic N) is 3. The lowest BCUT2D eigenvalue weighted by atomic mass is 9.72. The Morgan fingerprint density at radius 1 is 1.36 bits per heavy atom. The summed E-state index contributed by atoms with van der Waals surface area (Å²) in [7, 11) is 0. The summed E-state index contributed by atoms with van der Waals surface area (Å²) in [6.07, 6.45) is 11.2. The molecule has 0 bridgehead atoms. The molecule has 0 aliphatic heterocycles. The topological polar surface area (TPSA) is 74.0 Å². The molecule has 6 nitrogen and oxygen atoms in total. The van der Waals surface area contributed by atoms with Gasteiger partial charge in [-0.25, -0.2) is 9.98 Å². The highest BCUT2D eigenvalue weighted by Gasteiger charge is 2.31. The molecule has 1 aliphatic carbocycles. The number of aliphatic imine (C=N–C) groups is 1. The molecule has 0 spiro atoms. The lowest BCUT2D eigenvalue weighted by Crippen LogP contribution is -2.44. The van der Waals surface area contributed by atoms with Gasteiger partial charge in [-0.1, -0.05) is 19.3 Å². The maximum absolute atomic E-state index is 9.47. The van der Waals surface area contributed by atoms with Crippen LogP contribution < -0.4 is 10.6 Å². The zero-order valence-electron chi connectivity index (χ0n) is 15.0. The Labute approximate surface area is 153 Å². The van der Waals surface area contributed by atoms with E-state index in [0.29, 0.717) is 6.54 Å². The highest BCUT2D eigenvalue weighted by molar-refractivity contribution is 7.15. The first-order valence-corrected chi connectivity index (χ1v) is 10.2. The van der Waals surface area contributed by atoms with Gasteiger partial charge in [-0.2, -0.15) is 0 Å². The quantitative estimate of drug-likeness (QED) is 0.522. The van der Waals surface area contributed by atoms with Gasteiger partial charge in [0, 0.05) is 37.5 Å². The van der Waals surface area contributed by atoms with Gasteiger partial charge in [-0.05, 0) is 31.6 Å². The van der Waals surface area contributed by atoms with Crippen molar-refractivity contribution in [2.45, 2.75) is 52.0 Å². The van der Waals surface area contributed by atoms with E-state index in [0.717, 1.165) is 36.1 Å². The fraction of sp³-hybridized carbons (Fsp3) is 0.667. The summed E-state index contributed by atoms with van der Waals surface area (Å²) < 4.78 is 2.04. The second-order valence-electron chi connectivity index (χ2n) is 6.91. The van der Waals surface area contributed by atoms with E-state index in [9.17, 15) is 5.11 Å². The number of aliphatic hydroxyl groups excluding tert-OH is 1. The van der Waals surface area contributed by atoms with Crippen molar-refractivity contribution in [1.82, 2.24) is 20.0 Å². The van der Waals surface area contributed by atoms with Crippen molar-refractivity contribution in [2.75, 3.05) is 19.7 Å². The number of nitrogens with one attached hydrogen (secondary N) is 2. The first-order chi connectivity index (χ1) is 12.2. The van der Waals surface area contributed by atoms with Gasteiger partial charge in [0.25, 0.3) is 0 Å². The van der Waals surface area contributed by atoms with Crippen molar-refractivity contribution in [3.63, 3.8) is 0 Å². The number of aliphatic hydroxyl groups is 1. The van der Waals surface area contributed by atoms with Gasteiger partial charge in [0.2, 0.25) is 0 Å². The smallest absolute Gasteiger partial charge is 0.193 e. The van der Waals surface area contributed by atoms with E-state index in [1.807, 2.05) is 22.2 Å². The Kier molecular flexibility index (Phi) is 6.31. The summed E-state index contributed by atoms with van der Waals surface area (Å²) in [6, 6.07) is 0. The molecule has 3 N–H and O–H groups in total. The molecule has 3 rings (SSSR count). The summed E-state index contributed by atoms with van der Waals surface area (Å²) in [5, 5.41) is 18.3. The number of hydrogen-bond acceptors (Lipinski definition) is 4. The molecule has 2 aromatic heterocycles. The largest absolute Gasteiger partial charge is 0.396 e. The van der Waals surface area contributed by atoms with Crippen LogP contribution in [-0.4, -0.2) is 40.1 Å². The van der Waals surface area contributed by atoms with Crippen molar-refractivity contribution < 1.29 is 5.11 Å². The van der Waals surface area contributed by atoms with Crippen LogP contribution in [0.15, 0.2) is 22.8 Å². The molecule has 0 saturated heterocycles. The van der Waals surface area contributed by atoms with Crippen LogP contribution in [0, 0.1) is 5.41 Å². The standard InChI is InChI=1S/C18H29N5OS/c1-2-19-16(20-12-15-13-23-9-11-25-17(23)22-15)21-14-18(8-10-24)6-4-3-5-7-18/h9,11,13,24H,2-8,10,12,14H2,1H3,(H2,19,20,21). The molecule has 1 aliphatic rings. The van der Waals surface area contributed by atoms with E-state index < -0.39 is 0 Å². The lowest BCUT2D eigenvalue weighted by molar-refractivity contribution is 0.131. The fourth-order valence-corrected chi connectivity index (χ4v) is 4.40. The Morgan fingerprint density at radius 2 is 2.20 bits per heavy atom. The second kappa shape index (κ2) is 8.67. The number of imidazole rings is 1. The third-order valence-corrected chi connectivity index (χ3v) is 5.84. The molecular weight excluding hydrogens is 334 g/mol. The van der Waals surface area contributed by atoms with Gasteiger partial charge in [0.1, 0.15) is 0 Å². The molecule has 0 radical (unpaired) electrons. The van der Waals surface area contributed by atoms with Crippen LogP contribution in [0.1, 0.15) is 51.1 Å². The van der Waals surface area contributed by atoms with Gasteiger partial charge in [-0.15, -0.1) is 11.3 Å². The van der Waals surface area contributed by atoms with Gasteiger partial charge in [-0.3, -0.25) is 4.40 Å². The Hall–Kier alpha value is -1.60. The Bertz CT molecular complexity index is 653. The van der Waals surface area contributed by atoms with Crippen molar-refractivity contribution in [1.29, 1.82) is 0 Å². The highest BCUT2D eigenvalue weighted by atomic mass is 32.1. The molecule has 2 aromatic rings. The molecule has 7 heteroatoms. The first-order valence-electron chi connectivity index (χ1n) is 9.29. The highest BCUT2D eigenvalue weighted by Crippen LogP contribution is 2.38. The van der Waals surface area contributed by atoms with Crippen LogP contribution in [0.5, 0.6) is 0 Å². The molecule has 0 atom stereocenters. The monoisotopic (exact) mass is 363 g/mol. The minimum absolute atomic E-state index is 0.209. The van der Waals surface area contributed by atoms with Crippen molar-refractivity contribution in [2.24, 2.45) is 10.4 Å². The number of fused-ring (bicyclic) bond motifs is 1. The van der Waals surface area contributed by atoms with Crippen LogP contribution >= 0.6 is 11.3 Å². The molecule has 0 amide bonds. The van der Waals surface area contributed by atoms with Crippen LogP contribution in [0.25, 0.3) is 4.96 Å². The molecule has 2 heterocycles. The molecule has 0 aromatic carbocycles. The van der Waals surface area contributed by atoms with Crippen LogP contribution in [0.3, 0.4) is 0 Å². The summed E-state index contributed by atoms with van der Waals surface area (Å²) in [4.78, 5) is 10.3. The maximum atomic E-state index is 9.47. The number of guanidine groups is 1. The predicted octanol–water partition coefficient (Wildman–Crippen LogP) is 2.78. The fourth-order valence-electron chi connectivity index (χ4n) is 3.68. The number of aromatic nitrogens is 2. The Balaban J connectivity index is 1.62. The first kappa shape index (κ1) is 18.2. The SMILES string of the molecule is CCNC(=NCc1cn2ccsc2n1)NCC1(CCO)CCCCC1. The van der Waals surface area contributed by atoms with E-state index in [1.165, 1.54) is 32.1 Å². The number of hydrogen-bond donors (Lipinski definition) is 3. The average Bonchev–Trinajstić information content (AvgIpc) is 3.20. The molecule has 25 heavy (non-hydrogen) atoms. The average molecular weight is 364 g/mol.